The number of allylic oxidation sites excluding steroid dienone is 4. The van der Waals surface area contributed by atoms with Crippen LogP contribution in [0.5, 0.6) is 0 Å². The van der Waals surface area contributed by atoms with Gasteiger partial charge in [0.1, 0.15) is 4.88 Å². The van der Waals surface area contributed by atoms with Crippen LogP contribution in [0.15, 0.2) is 22.8 Å². The maximum absolute atomic E-state index is 11.6. The van der Waals surface area contributed by atoms with Crippen LogP contribution in [0.4, 0.5) is 5.13 Å². The standard InChI is InChI=1S/C15H16N4O2S/c1-3-11(20)17-15-18-12(10-7-5-4-6-8-10)13(22-15)14-16-9(2)19-21-14/h4-5,7H,3,6,8H2,1-2H3,(H,17,18,20). The summed E-state index contributed by atoms with van der Waals surface area (Å²) < 4.78 is 5.28. The fraction of sp³-hybridized carbons (Fsp3) is 0.333. The van der Waals surface area contributed by atoms with E-state index in [1.54, 1.807) is 13.8 Å². The first-order valence-electron chi connectivity index (χ1n) is 7.14. The van der Waals surface area contributed by atoms with Crippen LogP contribution >= 0.6 is 11.3 Å². The largest absolute Gasteiger partial charge is 0.333 e. The van der Waals surface area contributed by atoms with Crippen molar-refractivity contribution in [2.24, 2.45) is 0 Å². The second-order valence-electron chi connectivity index (χ2n) is 4.90. The Morgan fingerprint density at radius 1 is 1.45 bits per heavy atom. The van der Waals surface area contributed by atoms with Crippen LogP contribution in [0, 0.1) is 6.92 Å². The zero-order chi connectivity index (χ0) is 15.5. The van der Waals surface area contributed by atoms with Gasteiger partial charge in [0, 0.05) is 6.42 Å². The second-order valence-corrected chi connectivity index (χ2v) is 5.90. The minimum Gasteiger partial charge on any atom is -0.333 e. The first-order valence-corrected chi connectivity index (χ1v) is 7.96. The predicted octanol–water partition coefficient (Wildman–Crippen LogP) is 3.58. The number of hydrogen-bond donors (Lipinski definition) is 1. The number of thiazole rings is 1. The summed E-state index contributed by atoms with van der Waals surface area (Å²) in [5.41, 5.74) is 1.92. The third-order valence-corrected chi connectivity index (χ3v) is 4.19. The minimum atomic E-state index is -0.0638. The summed E-state index contributed by atoms with van der Waals surface area (Å²) in [6.07, 6.45) is 8.47. The Hall–Kier alpha value is -2.28. The molecule has 1 aliphatic carbocycles. The Morgan fingerprint density at radius 2 is 2.32 bits per heavy atom. The highest BCUT2D eigenvalue weighted by molar-refractivity contribution is 7.19. The number of hydrogen-bond acceptors (Lipinski definition) is 6. The van der Waals surface area contributed by atoms with Crippen molar-refractivity contribution in [3.63, 3.8) is 0 Å². The molecule has 0 spiro atoms. The SMILES string of the molecule is CCC(=O)Nc1nc(C2=CC=CCC2)c(-c2nc(C)no2)s1. The third-order valence-electron chi connectivity index (χ3n) is 3.23. The summed E-state index contributed by atoms with van der Waals surface area (Å²) in [6, 6.07) is 0. The van der Waals surface area contributed by atoms with Gasteiger partial charge < -0.3 is 9.84 Å². The number of anilines is 1. The van der Waals surface area contributed by atoms with Gasteiger partial charge in [-0.15, -0.1) is 0 Å². The molecule has 0 aromatic carbocycles. The molecule has 1 amide bonds. The average Bonchev–Trinajstić information content (AvgIpc) is 3.14. The fourth-order valence-corrected chi connectivity index (χ4v) is 3.07. The van der Waals surface area contributed by atoms with Gasteiger partial charge in [-0.3, -0.25) is 4.79 Å². The molecule has 2 aromatic heterocycles. The van der Waals surface area contributed by atoms with E-state index in [1.807, 2.05) is 12.2 Å². The highest BCUT2D eigenvalue weighted by Crippen LogP contribution is 2.38. The molecule has 1 aliphatic rings. The van der Waals surface area contributed by atoms with Crippen LogP contribution in [0.2, 0.25) is 0 Å². The fourth-order valence-electron chi connectivity index (χ4n) is 2.13. The molecule has 114 valence electrons. The van der Waals surface area contributed by atoms with Crippen molar-refractivity contribution in [2.75, 3.05) is 5.32 Å². The zero-order valence-electron chi connectivity index (χ0n) is 12.4. The van der Waals surface area contributed by atoms with Crippen molar-refractivity contribution in [2.45, 2.75) is 33.1 Å². The van der Waals surface area contributed by atoms with E-state index in [9.17, 15) is 4.79 Å². The third kappa shape index (κ3) is 2.99. The topological polar surface area (TPSA) is 80.9 Å². The van der Waals surface area contributed by atoms with Gasteiger partial charge in [-0.05, 0) is 25.3 Å². The zero-order valence-corrected chi connectivity index (χ0v) is 13.2. The first-order chi connectivity index (χ1) is 10.7. The normalized spacial score (nSPS) is 14.0. The molecular formula is C15H16N4O2S. The summed E-state index contributed by atoms with van der Waals surface area (Å²) in [5, 5.41) is 7.20. The van der Waals surface area contributed by atoms with Crippen molar-refractivity contribution in [1.82, 2.24) is 15.1 Å². The van der Waals surface area contributed by atoms with Gasteiger partial charge in [0.15, 0.2) is 11.0 Å². The Morgan fingerprint density at radius 3 is 2.95 bits per heavy atom. The molecule has 2 heterocycles. The van der Waals surface area contributed by atoms with Crippen LogP contribution in [0.3, 0.4) is 0 Å². The molecule has 1 N–H and O–H groups in total. The van der Waals surface area contributed by atoms with Crippen molar-refractivity contribution in [1.29, 1.82) is 0 Å². The monoisotopic (exact) mass is 316 g/mol. The number of rotatable bonds is 4. The van der Waals surface area contributed by atoms with Gasteiger partial charge in [0.05, 0.1) is 5.69 Å². The van der Waals surface area contributed by atoms with E-state index in [0.717, 1.165) is 29.0 Å². The van der Waals surface area contributed by atoms with Crippen molar-refractivity contribution >= 4 is 27.9 Å². The van der Waals surface area contributed by atoms with Gasteiger partial charge in [-0.25, -0.2) is 4.98 Å². The van der Waals surface area contributed by atoms with Crippen LogP contribution in [0.25, 0.3) is 16.3 Å². The lowest BCUT2D eigenvalue weighted by Gasteiger charge is -2.06. The predicted molar refractivity (Wildman–Crippen MR) is 85.4 cm³/mol. The molecule has 22 heavy (non-hydrogen) atoms. The van der Waals surface area contributed by atoms with Crippen LogP contribution in [-0.4, -0.2) is 21.0 Å². The molecular weight excluding hydrogens is 300 g/mol. The lowest BCUT2D eigenvalue weighted by molar-refractivity contribution is -0.115. The summed E-state index contributed by atoms with van der Waals surface area (Å²) in [4.78, 5) is 21.2. The van der Waals surface area contributed by atoms with E-state index in [0.29, 0.717) is 23.3 Å². The van der Waals surface area contributed by atoms with Crippen LogP contribution < -0.4 is 5.32 Å². The summed E-state index contributed by atoms with van der Waals surface area (Å²) in [5.74, 6) is 0.953. The molecule has 0 bridgehead atoms. The van der Waals surface area contributed by atoms with Crippen LogP contribution in [0.1, 0.15) is 37.7 Å². The molecule has 0 aliphatic heterocycles. The van der Waals surface area contributed by atoms with Gasteiger partial charge in [0.2, 0.25) is 5.91 Å². The van der Waals surface area contributed by atoms with E-state index in [4.69, 9.17) is 4.52 Å². The lowest BCUT2D eigenvalue weighted by Crippen LogP contribution is -2.09. The quantitative estimate of drug-likeness (QED) is 0.932. The summed E-state index contributed by atoms with van der Waals surface area (Å²) >= 11 is 1.36. The number of nitrogens with one attached hydrogen (secondary N) is 1. The summed E-state index contributed by atoms with van der Waals surface area (Å²) in [6.45, 7) is 3.58. The van der Waals surface area contributed by atoms with Gasteiger partial charge in [0.25, 0.3) is 5.89 Å². The van der Waals surface area contributed by atoms with Gasteiger partial charge in [-0.1, -0.05) is 41.6 Å². The average molecular weight is 316 g/mol. The van der Waals surface area contributed by atoms with E-state index >= 15 is 0 Å². The maximum Gasteiger partial charge on any atom is 0.270 e. The molecule has 0 saturated carbocycles. The molecule has 0 saturated heterocycles. The highest BCUT2D eigenvalue weighted by Gasteiger charge is 2.21. The summed E-state index contributed by atoms with van der Waals surface area (Å²) in [7, 11) is 0. The molecule has 3 rings (SSSR count). The Bertz CT molecular complexity index is 757. The molecule has 0 unspecified atom stereocenters. The maximum atomic E-state index is 11.6. The van der Waals surface area contributed by atoms with Crippen molar-refractivity contribution in [3.05, 3.63) is 29.7 Å². The van der Waals surface area contributed by atoms with Crippen LogP contribution in [-0.2, 0) is 4.79 Å². The smallest absolute Gasteiger partial charge is 0.270 e. The van der Waals surface area contributed by atoms with E-state index in [2.05, 4.69) is 26.5 Å². The molecule has 0 fully saturated rings. The van der Waals surface area contributed by atoms with Gasteiger partial charge >= 0.3 is 0 Å². The number of amides is 1. The van der Waals surface area contributed by atoms with E-state index in [1.165, 1.54) is 11.3 Å². The molecule has 6 nitrogen and oxygen atoms in total. The Labute approximate surface area is 132 Å². The van der Waals surface area contributed by atoms with Crippen molar-refractivity contribution in [3.8, 4) is 10.8 Å². The Balaban J connectivity index is 2.03. The minimum absolute atomic E-state index is 0.0638. The number of aromatic nitrogens is 3. The first kappa shape index (κ1) is 14.6. The number of carbonyl (C=O) groups excluding carboxylic acids is 1. The van der Waals surface area contributed by atoms with E-state index < -0.39 is 0 Å². The second kappa shape index (κ2) is 6.23. The molecule has 0 atom stereocenters. The molecule has 7 heteroatoms. The number of aryl methyl sites for hydroxylation is 1. The van der Waals surface area contributed by atoms with Gasteiger partial charge in [-0.2, -0.15) is 4.98 Å². The highest BCUT2D eigenvalue weighted by atomic mass is 32.1. The van der Waals surface area contributed by atoms with Crippen molar-refractivity contribution < 1.29 is 9.32 Å². The molecule has 0 radical (unpaired) electrons. The lowest BCUT2D eigenvalue weighted by atomic mass is 10.0. The van der Waals surface area contributed by atoms with E-state index in [-0.39, 0.29) is 5.91 Å². The molecule has 2 aromatic rings. The number of carbonyl (C=O) groups is 1. The Kier molecular flexibility index (Phi) is 4.15. The number of nitrogens with zero attached hydrogens (tertiary/aromatic N) is 3.